The highest BCUT2D eigenvalue weighted by Gasteiger charge is 2.32. The molecular formula is C22H24N2O3. The Morgan fingerprint density at radius 1 is 1.04 bits per heavy atom. The molecule has 0 atom stereocenters. The van der Waals surface area contributed by atoms with Crippen LogP contribution in [-0.4, -0.2) is 23.3 Å². The number of hydrogen-bond donors (Lipinski definition) is 1. The van der Waals surface area contributed by atoms with E-state index >= 15 is 0 Å². The molecule has 3 aliphatic rings. The summed E-state index contributed by atoms with van der Waals surface area (Å²) in [6.07, 6.45) is 6.06. The van der Waals surface area contributed by atoms with Gasteiger partial charge in [-0.2, -0.15) is 0 Å². The van der Waals surface area contributed by atoms with Crippen molar-refractivity contribution in [3.8, 4) is 11.3 Å². The van der Waals surface area contributed by atoms with Gasteiger partial charge in [0.25, 0.3) is 0 Å². The van der Waals surface area contributed by atoms with Crippen molar-refractivity contribution in [2.75, 3.05) is 11.9 Å². The zero-order valence-corrected chi connectivity index (χ0v) is 15.4. The fourth-order valence-corrected chi connectivity index (χ4v) is 3.88. The Morgan fingerprint density at radius 3 is 2.48 bits per heavy atom. The zero-order valence-electron chi connectivity index (χ0n) is 15.4. The molecule has 140 valence electrons. The molecule has 2 aliphatic carbocycles. The van der Waals surface area contributed by atoms with E-state index in [1.165, 1.54) is 6.42 Å². The van der Waals surface area contributed by atoms with Gasteiger partial charge in [0.2, 0.25) is 11.8 Å². The summed E-state index contributed by atoms with van der Waals surface area (Å²) in [6, 6.07) is 9.86. The summed E-state index contributed by atoms with van der Waals surface area (Å²) >= 11 is 0. The number of anilines is 1. The normalized spacial score (nSPS) is 19.3. The highest BCUT2D eigenvalue weighted by atomic mass is 16.3. The van der Waals surface area contributed by atoms with Crippen molar-refractivity contribution in [1.29, 1.82) is 0 Å². The van der Waals surface area contributed by atoms with Crippen molar-refractivity contribution in [1.82, 2.24) is 4.90 Å². The molecule has 0 saturated heterocycles. The van der Waals surface area contributed by atoms with Gasteiger partial charge in [-0.3, -0.25) is 9.59 Å². The summed E-state index contributed by atoms with van der Waals surface area (Å²) in [7, 11) is 0. The molecule has 2 aromatic rings. The van der Waals surface area contributed by atoms with Crippen LogP contribution in [0.15, 0.2) is 34.7 Å². The summed E-state index contributed by atoms with van der Waals surface area (Å²) in [5, 5.41) is 2.96. The second-order valence-electron chi connectivity index (χ2n) is 8.04. The van der Waals surface area contributed by atoms with Crippen LogP contribution in [0.1, 0.15) is 43.4 Å². The molecule has 1 N–H and O–H groups in total. The van der Waals surface area contributed by atoms with Crippen LogP contribution in [-0.2, 0) is 22.6 Å². The van der Waals surface area contributed by atoms with Gasteiger partial charge in [0.15, 0.2) is 0 Å². The number of fused-ring (bicyclic) bond motifs is 1. The van der Waals surface area contributed by atoms with Gasteiger partial charge >= 0.3 is 0 Å². The summed E-state index contributed by atoms with van der Waals surface area (Å²) in [5.74, 6) is 2.70. The first-order chi connectivity index (χ1) is 13.2. The predicted octanol–water partition coefficient (Wildman–Crippen LogP) is 3.98. The van der Waals surface area contributed by atoms with E-state index in [4.69, 9.17) is 4.42 Å². The van der Waals surface area contributed by atoms with Crippen molar-refractivity contribution in [3.63, 3.8) is 0 Å². The minimum Gasteiger partial charge on any atom is -0.461 e. The van der Waals surface area contributed by atoms with E-state index < -0.39 is 0 Å². The predicted molar refractivity (Wildman–Crippen MR) is 102 cm³/mol. The van der Waals surface area contributed by atoms with Crippen LogP contribution >= 0.6 is 0 Å². The fraction of sp³-hybridized carbons (Fsp3) is 0.455. The average molecular weight is 364 g/mol. The van der Waals surface area contributed by atoms with Gasteiger partial charge in [0.05, 0.1) is 0 Å². The maximum Gasteiger partial charge on any atom is 0.227 e. The standard InChI is InChI=1S/C22H24N2O3/c25-21(15-4-5-15)23-18-8-6-14(7-9-18)20-12-17-13-24(11-10-19(17)27-20)22(26)16-2-1-3-16/h6-9,12,15-16H,1-5,10-11,13H2,(H,23,25). The molecule has 5 heteroatoms. The van der Waals surface area contributed by atoms with Crippen molar-refractivity contribution >= 4 is 17.5 Å². The Bertz CT molecular complexity index is 875. The molecular weight excluding hydrogens is 340 g/mol. The first-order valence-electron chi connectivity index (χ1n) is 9.99. The maximum absolute atomic E-state index is 12.5. The van der Waals surface area contributed by atoms with Gasteiger partial charge in [0, 0.05) is 48.2 Å². The third kappa shape index (κ3) is 3.27. The molecule has 1 aromatic heterocycles. The van der Waals surface area contributed by atoms with E-state index in [2.05, 4.69) is 11.4 Å². The molecule has 2 fully saturated rings. The molecule has 27 heavy (non-hydrogen) atoms. The summed E-state index contributed by atoms with van der Waals surface area (Å²) in [5.41, 5.74) is 2.94. The number of benzene rings is 1. The lowest BCUT2D eigenvalue weighted by Gasteiger charge is -2.33. The van der Waals surface area contributed by atoms with E-state index in [0.717, 1.165) is 67.0 Å². The molecule has 2 saturated carbocycles. The van der Waals surface area contributed by atoms with Crippen LogP contribution < -0.4 is 5.32 Å². The molecule has 5 rings (SSSR count). The summed E-state index contributed by atoms with van der Waals surface area (Å²) in [6.45, 7) is 1.41. The Kier molecular flexibility index (Phi) is 4.03. The number of amides is 2. The van der Waals surface area contributed by atoms with Gasteiger partial charge in [-0.15, -0.1) is 0 Å². The SMILES string of the molecule is O=C(Nc1ccc(-c2cc3c(o2)CCN(C(=O)C2CCC2)C3)cc1)C1CC1. The lowest BCUT2D eigenvalue weighted by atomic mass is 9.84. The lowest BCUT2D eigenvalue weighted by Crippen LogP contribution is -2.41. The van der Waals surface area contributed by atoms with Crippen LogP contribution in [0.2, 0.25) is 0 Å². The zero-order chi connectivity index (χ0) is 18.4. The third-order valence-corrected chi connectivity index (χ3v) is 6.02. The van der Waals surface area contributed by atoms with Gasteiger partial charge < -0.3 is 14.6 Å². The van der Waals surface area contributed by atoms with E-state index in [1.54, 1.807) is 0 Å². The van der Waals surface area contributed by atoms with Gasteiger partial charge in [-0.05, 0) is 56.0 Å². The summed E-state index contributed by atoms with van der Waals surface area (Å²) in [4.78, 5) is 26.4. The Balaban J connectivity index is 1.28. The molecule has 1 aromatic carbocycles. The van der Waals surface area contributed by atoms with Crippen LogP contribution in [0.4, 0.5) is 5.69 Å². The van der Waals surface area contributed by atoms with E-state index in [-0.39, 0.29) is 17.7 Å². The number of hydrogen-bond acceptors (Lipinski definition) is 3. The van der Waals surface area contributed by atoms with Gasteiger partial charge in [-0.25, -0.2) is 0 Å². The monoisotopic (exact) mass is 364 g/mol. The molecule has 0 unspecified atom stereocenters. The Hall–Kier alpha value is -2.56. The minimum atomic E-state index is 0.118. The van der Waals surface area contributed by atoms with E-state index in [1.807, 2.05) is 29.2 Å². The highest BCUT2D eigenvalue weighted by Crippen LogP contribution is 2.34. The highest BCUT2D eigenvalue weighted by molar-refractivity contribution is 5.94. The minimum absolute atomic E-state index is 0.118. The number of carbonyl (C=O) groups is 2. The number of nitrogens with one attached hydrogen (secondary N) is 1. The number of carbonyl (C=O) groups excluding carboxylic acids is 2. The molecule has 1 aliphatic heterocycles. The van der Waals surface area contributed by atoms with E-state index in [9.17, 15) is 9.59 Å². The Labute approximate surface area is 158 Å². The van der Waals surface area contributed by atoms with Gasteiger partial charge in [-0.1, -0.05) is 6.42 Å². The Morgan fingerprint density at radius 2 is 1.81 bits per heavy atom. The van der Waals surface area contributed by atoms with Crippen LogP contribution in [0.25, 0.3) is 11.3 Å². The first-order valence-corrected chi connectivity index (χ1v) is 9.99. The molecule has 5 nitrogen and oxygen atoms in total. The van der Waals surface area contributed by atoms with Crippen molar-refractivity contribution < 1.29 is 14.0 Å². The topological polar surface area (TPSA) is 62.6 Å². The van der Waals surface area contributed by atoms with Crippen molar-refractivity contribution in [2.45, 2.75) is 45.1 Å². The average Bonchev–Trinajstić information content (AvgIpc) is 3.39. The molecule has 0 spiro atoms. The largest absolute Gasteiger partial charge is 0.461 e. The first kappa shape index (κ1) is 16.6. The third-order valence-electron chi connectivity index (χ3n) is 6.02. The van der Waals surface area contributed by atoms with Crippen molar-refractivity contribution in [3.05, 3.63) is 41.7 Å². The second-order valence-corrected chi connectivity index (χ2v) is 8.04. The fourth-order valence-electron chi connectivity index (χ4n) is 3.88. The molecule has 2 heterocycles. The number of furan rings is 1. The van der Waals surface area contributed by atoms with Crippen molar-refractivity contribution in [2.24, 2.45) is 11.8 Å². The lowest BCUT2D eigenvalue weighted by molar-refractivity contribution is -0.139. The smallest absolute Gasteiger partial charge is 0.227 e. The molecule has 0 radical (unpaired) electrons. The van der Waals surface area contributed by atoms with Crippen LogP contribution in [0.5, 0.6) is 0 Å². The summed E-state index contributed by atoms with van der Waals surface area (Å²) < 4.78 is 6.06. The van der Waals surface area contributed by atoms with Crippen LogP contribution in [0.3, 0.4) is 0 Å². The number of rotatable bonds is 4. The maximum atomic E-state index is 12.5. The van der Waals surface area contributed by atoms with Crippen LogP contribution in [0, 0.1) is 11.8 Å². The van der Waals surface area contributed by atoms with E-state index in [0.29, 0.717) is 12.5 Å². The number of nitrogens with zero attached hydrogens (tertiary/aromatic N) is 1. The molecule has 0 bridgehead atoms. The second kappa shape index (κ2) is 6.55. The van der Waals surface area contributed by atoms with Gasteiger partial charge in [0.1, 0.15) is 11.5 Å². The quantitative estimate of drug-likeness (QED) is 0.893. The molecule has 2 amide bonds.